The minimum absolute atomic E-state index is 0.0478. The number of nitrogens with zero attached hydrogens (tertiary/aromatic N) is 2. The zero-order valence-corrected chi connectivity index (χ0v) is 26.1. The number of sulfonamides is 1. The minimum Gasteiger partial charge on any atom is -0.355 e. The van der Waals surface area contributed by atoms with E-state index in [1.54, 1.807) is 66.7 Å². The Morgan fingerprint density at radius 1 is 0.857 bits per heavy atom. The third-order valence-electron chi connectivity index (χ3n) is 6.59. The zero-order valence-electron chi connectivity index (χ0n) is 23.0. The van der Waals surface area contributed by atoms with Crippen LogP contribution < -0.4 is 9.62 Å². The number of amides is 2. The summed E-state index contributed by atoms with van der Waals surface area (Å²) in [6.07, 6.45) is 0.244. The Hall–Kier alpha value is -3.66. The molecule has 7 nitrogen and oxygen atoms in total. The van der Waals surface area contributed by atoms with Crippen molar-refractivity contribution in [2.24, 2.45) is 0 Å². The molecule has 0 bridgehead atoms. The molecule has 1 N–H and O–H groups in total. The lowest BCUT2D eigenvalue weighted by molar-refractivity contribution is -0.140. The van der Waals surface area contributed by atoms with Gasteiger partial charge in [-0.2, -0.15) is 0 Å². The van der Waals surface area contributed by atoms with Crippen LogP contribution >= 0.6 is 27.5 Å². The summed E-state index contributed by atoms with van der Waals surface area (Å²) in [6.45, 7) is 1.73. The van der Waals surface area contributed by atoms with Crippen molar-refractivity contribution in [2.75, 3.05) is 17.4 Å². The van der Waals surface area contributed by atoms with Gasteiger partial charge in [-0.1, -0.05) is 94.3 Å². The lowest BCUT2D eigenvalue weighted by Crippen LogP contribution is -2.53. The first-order valence-corrected chi connectivity index (χ1v) is 16.0. The van der Waals surface area contributed by atoms with Crippen LogP contribution in [0.5, 0.6) is 0 Å². The molecule has 0 fully saturated rings. The maximum atomic E-state index is 14.3. The van der Waals surface area contributed by atoms with Gasteiger partial charge in [0.25, 0.3) is 10.0 Å². The van der Waals surface area contributed by atoms with Crippen molar-refractivity contribution in [1.82, 2.24) is 10.2 Å². The van der Waals surface area contributed by atoms with Crippen molar-refractivity contribution < 1.29 is 18.0 Å². The van der Waals surface area contributed by atoms with Crippen LogP contribution in [-0.4, -0.2) is 44.3 Å². The smallest absolute Gasteiger partial charge is 0.264 e. The fourth-order valence-electron chi connectivity index (χ4n) is 4.51. The summed E-state index contributed by atoms with van der Waals surface area (Å²) in [7, 11) is -4.15. The molecule has 4 aromatic carbocycles. The van der Waals surface area contributed by atoms with Crippen LogP contribution in [0.2, 0.25) is 5.02 Å². The molecular weight excluding hydrogens is 638 g/mol. The molecule has 4 rings (SSSR count). The number of carbonyl (C=O) groups excluding carboxylic acids is 2. The molecule has 0 heterocycles. The molecule has 2 amide bonds. The van der Waals surface area contributed by atoms with Gasteiger partial charge < -0.3 is 10.2 Å². The minimum atomic E-state index is -4.15. The molecule has 218 valence electrons. The molecule has 0 saturated heterocycles. The third-order valence-corrected chi connectivity index (χ3v) is 9.13. The Morgan fingerprint density at radius 2 is 1.50 bits per heavy atom. The van der Waals surface area contributed by atoms with Gasteiger partial charge in [0.15, 0.2) is 0 Å². The molecule has 0 aliphatic rings. The Labute approximate surface area is 260 Å². The van der Waals surface area contributed by atoms with Crippen LogP contribution in [0.1, 0.15) is 18.1 Å². The van der Waals surface area contributed by atoms with Gasteiger partial charge in [-0.15, -0.1) is 0 Å². The van der Waals surface area contributed by atoms with Gasteiger partial charge in [0.2, 0.25) is 11.8 Å². The lowest BCUT2D eigenvalue weighted by atomic mass is 10.0. The summed E-state index contributed by atoms with van der Waals surface area (Å²) >= 11 is 9.52. The summed E-state index contributed by atoms with van der Waals surface area (Å²) in [4.78, 5) is 29.3. The Kier molecular flexibility index (Phi) is 10.8. The monoisotopic (exact) mass is 667 g/mol. The van der Waals surface area contributed by atoms with E-state index in [9.17, 15) is 18.0 Å². The number of rotatable bonds is 12. The molecule has 4 aromatic rings. The van der Waals surface area contributed by atoms with Crippen LogP contribution in [0.4, 0.5) is 5.69 Å². The Bertz CT molecular complexity index is 1600. The number of anilines is 1. The van der Waals surface area contributed by atoms with E-state index in [1.807, 2.05) is 37.3 Å². The van der Waals surface area contributed by atoms with Gasteiger partial charge in [-0.05, 0) is 60.5 Å². The number of halogens is 2. The van der Waals surface area contributed by atoms with E-state index in [0.717, 1.165) is 15.4 Å². The zero-order chi connectivity index (χ0) is 30.1. The Morgan fingerprint density at radius 3 is 2.12 bits per heavy atom. The second kappa shape index (κ2) is 14.5. The number of carbonyl (C=O) groups is 2. The quantitative estimate of drug-likeness (QED) is 0.199. The summed E-state index contributed by atoms with van der Waals surface area (Å²) in [6, 6.07) is 30.2. The molecule has 0 aliphatic heterocycles. The molecule has 0 spiro atoms. The summed E-state index contributed by atoms with van der Waals surface area (Å²) in [5.41, 5.74) is 1.92. The number of hydrogen-bond donors (Lipinski definition) is 1. The summed E-state index contributed by atoms with van der Waals surface area (Å²) in [5, 5.41) is 3.39. The molecule has 42 heavy (non-hydrogen) atoms. The highest BCUT2D eigenvalue weighted by atomic mass is 79.9. The lowest BCUT2D eigenvalue weighted by Gasteiger charge is -2.34. The van der Waals surface area contributed by atoms with Gasteiger partial charge in [0.05, 0.1) is 10.6 Å². The van der Waals surface area contributed by atoms with Gasteiger partial charge in [-0.3, -0.25) is 13.9 Å². The summed E-state index contributed by atoms with van der Waals surface area (Å²) < 4.78 is 29.6. The maximum Gasteiger partial charge on any atom is 0.264 e. The molecular formula is C32H31BrClN3O4S. The van der Waals surface area contributed by atoms with Crippen molar-refractivity contribution in [2.45, 2.75) is 30.8 Å². The van der Waals surface area contributed by atoms with E-state index in [0.29, 0.717) is 21.7 Å². The predicted molar refractivity (Wildman–Crippen MR) is 170 cm³/mol. The predicted octanol–water partition coefficient (Wildman–Crippen LogP) is 6.07. The molecule has 0 aromatic heterocycles. The third kappa shape index (κ3) is 8.00. The normalized spacial score (nSPS) is 11.9. The van der Waals surface area contributed by atoms with E-state index < -0.39 is 28.5 Å². The van der Waals surface area contributed by atoms with Crippen LogP contribution in [0.25, 0.3) is 0 Å². The number of hydrogen-bond acceptors (Lipinski definition) is 4. The molecule has 1 atom stereocenters. The molecule has 0 radical (unpaired) electrons. The highest BCUT2D eigenvalue weighted by Crippen LogP contribution is 2.27. The van der Waals surface area contributed by atoms with Gasteiger partial charge in [-0.25, -0.2) is 8.42 Å². The van der Waals surface area contributed by atoms with Crippen molar-refractivity contribution in [3.05, 3.63) is 130 Å². The molecule has 10 heteroatoms. The van der Waals surface area contributed by atoms with Gasteiger partial charge >= 0.3 is 0 Å². The second-order valence-corrected chi connectivity index (χ2v) is 12.8. The average molecular weight is 669 g/mol. The highest BCUT2D eigenvalue weighted by Gasteiger charge is 2.34. The van der Waals surface area contributed by atoms with E-state index in [-0.39, 0.29) is 23.8 Å². The fraction of sp³-hybridized carbons (Fsp3) is 0.188. The number of nitrogens with one attached hydrogen (secondary N) is 1. The molecule has 0 aliphatic carbocycles. The van der Waals surface area contributed by atoms with E-state index in [4.69, 9.17) is 11.6 Å². The first-order valence-electron chi connectivity index (χ1n) is 13.4. The Balaban J connectivity index is 1.78. The van der Waals surface area contributed by atoms with Crippen LogP contribution in [-0.2, 0) is 32.6 Å². The SMILES string of the molecule is CCNC(=O)[C@H](Cc1ccccc1)N(Cc1ccc(Cl)cc1)C(=O)CN(c1cccc(Br)c1)S(=O)(=O)c1ccccc1. The average Bonchev–Trinajstić information content (AvgIpc) is 2.99. The molecule has 0 unspecified atom stereocenters. The van der Waals surface area contributed by atoms with Crippen LogP contribution in [0.15, 0.2) is 119 Å². The largest absolute Gasteiger partial charge is 0.355 e. The standard InChI is InChI=1S/C32H31BrClN3O4S/c1-2-35-32(39)30(20-24-10-5-3-6-11-24)36(22-25-16-18-27(34)19-17-25)31(38)23-37(28-13-9-12-26(33)21-28)42(40,41)29-14-7-4-8-15-29/h3-19,21,30H,2,20,22-23H2,1H3,(H,35,39)/t30-/m0/s1. The van der Waals surface area contributed by atoms with E-state index in [2.05, 4.69) is 21.2 Å². The summed E-state index contributed by atoms with van der Waals surface area (Å²) in [5.74, 6) is -0.861. The van der Waals surface area contributed by atoms with Crippen LogP contribution in [0, 0.1) is 0 Å². The first kappa shape index (κ1) is 31.3. The van der Waals surface area contributed by atoms with Crippen molar-refractivity contribution >= 4 is 55.1 Å². The van der Waals surface area contributed by atoms with Gasteiger partial charge in [0.1, 0.15) is 12.6 Å². The number of benzene rings is 4. The van der Waals surface area contributed by atoms with Crippen molar-refractivity contribution in [1.29, 1.82) is 0 Å². The van der Waals surface area contributed by atoms with E-state index in [1.165, 1.54) is 17.0 Å². The topological polar surface area (TPSA) is 86.8 Å². The second-order valence-electron chi connectivity index (χ2n) is 9.55. The van der Waals surface area contributed by atoms with Gasteiger partial charge in [0, 0.05) is 29.0 Å². The van der Waals surface area contributed by atoms with E-state index >= 15 is 0 Å². The van der Waals surface area contributed by atoms with Crippen molar-refractivity contribution in [3.8, 4) is 0 Å². The maximum absolute atomic E-state index is 14.3. The fourth-order valence-corrected chi connectivity index (χ4v) is 6.45. The number of likely N-dealkylation sites (N-methyl/N-ethyl adjacent to an activating group) is 1. The molecule has 0 saturated carbocycles. The highest BCUT2D eigenvalue weighted by molar-refractivity contribution is 9.10. The van der Waals surface area contributed by atoms with Crippen molar-refractivity contribution in [3.63, 3.8) is 0 Å². The first-order chi connectivity index (χ1) is 20.2. The van der Waals surface area contributed by atoms with Crippen LogP contribution in [0.3, 0.4) is 0 Å².